The summed E-state index contributed by atoms with van der Waals surface area (Å²) >= 11 is 0. The van der Waals surface area contributed by atoms with E-state index in [0.29, 0.717) is 12.5 Å². The first kappa shape index (κ1) is 15.8. The van der Waals surface area contributed by atoms with E-state index < -0.39 is 0 Å². The molecule has 0 aliphatic heterocycles. The van der Waals surface area contributed by atoms with Crippen molar-refractivity contribution in [2.75, 3.05) is 6.54 Å². The summed E-state index contributed by atoms with van der Waals surface area (Å²) in [6.07, 6.45) is 2.31. The van der Waals surface area contributed by atoms with Crippen LogP contribution in [0.25, 0.3) is 10.8 Å². The van der Waals surface area contributed by atoms with Crippen LogP contribution >= 0.6 is 12.4 Å². The van der Waals surface area contributed by atoms with E-state index in [-0.39, 0.29) is 23.9 Å². The van der Waals surface area contributed by atoms with Crippen LogP contribution in [0.3, 0.4) is 0 Å². The molecule has 1 aliphatic rings. The van der Waals surface area contributed by atoms with E-state index in [4.69, 9.17) is 5.73 Å². The van der Waals surface area contributed by atoms with Crippen molar-refractivity contribution in [1.82, 2.24) is 5.32 Å². The van der Waals surface area contributed by atoms with Gasteiger partial charge in [0.2, 0.25) is 0 Å². The largest absolute Gasteiger partial charge is 0.345 e. The van der Waals surface area contributed by atoms with Crippen LogP contribution in [0.1, 0.15) is 30.1 Å². The number of carbonyl (C=O) groups is 1. The molecule has 3 nitrogen and oxygen atoms in total. The first-order chi connectivity index (χ1) is 9.64. The van der Waals surface area contributed by atoms with Crippen LogP contribution < -0.4 is 11.1 Å². The molecule has 0 bridgehead atoms. The lowest BCUT2D eigenvalue weighted by Crippen LogP contribution is -2.53. The molecule has 1 amide bonds. The van der Waals surface area contributed by atoms with E-state index in [1.165, 1.54) is 0 Å². The lowest BCUT2D eigenvalue weighted by molar-refractivity contribution is 0.0899. The minimum atomic E-state index is -0.284. The number of carbonyl (C=O) groups excluding carboxylic acids is 1. The number of hydrogen-bond acceptors (Lipinski definition) is 2. The Morgan fingerprint density at radius 2 is 1.90 bits per heavy atom. The van der Waals surface area contributed by atoms with E-state index in [0.717, 1.165) is 29.2 Å². The molecule has 0 spiro atoms. The molecule has 2 aromatic carbocycles. The lowest BCUT2D eigenvalue weighted by Gasteiger charge is -2.29. The van der Waals surface area contributed by atoms with E-state index >= 15 is 0 Å². The first-order valence-corrected chi connectivity index (χ1v) is 7.14. The fourth-order valence-electron chi connectivity index (χ4n) is 2.79. The van der Waals surface area contributed by atoms with E-state index in [1.54, 1.807) is 0 Å². The normalized spacial score (nSPS) is 16.9. The predicted molar refractivity (Wildman–Crippen MR) is 88.8 cm³/mol. The molecule has 1 saturated carbocycles. The molecule has 0 heterocycles. The van der Waals surface area contributed by atoms with Crippen LogP contribution in [0, 0.1) is 5.92 Å². The van der Waals surface area contributed by atoms with Gasteiger partial charge >= 0.3 is 0 Å². The molecule has 0 radical (unpaired) electrons. The van der Waals surface area contributed by atoms with Gasteiger partial charge in [0.05, 0.1) is 5.54 Å². The zero-order valence-electron chi connectivity index (χ0n) is 12.1. The highest BCUT2D eigenvalue weighted by Gasteiger charge is 2.41. The van der Waals surface area contributed by atoms with Gasteiger partial charge in [0.15, 0.2) is 0 Å². The second-order valence-corrected chi connectivity index (χ2v) is 5.88. The molecule has 2 aromatic rings. The lowest BCUT2D eigenvalue weighted by atomic mass is 9.94. The second-order valence-electron chi connectivity index (χ2n) is 5.88. The number of nitrogens with one attached hydrogen (secondary N) is 1. The molecule has 4 heteroatoms. The zero-order valence-corrected chi connectivity index (χ0v) is 13.0. The standard InChI is InChI=1S/C17H20N2O.ClH/c1-17(11-18,13-9-10-13)19-16(20)15-8-4-6-12-5-2-3-7-14(12)15;/h2-8,13H,9-11,18H2,1H3,(H,19,20);1H. The van der Waals surface area contributed by atoms with E-state index in [9.17, 15) is 4.79 Å². The Morgan fingerprint density at radius 3 is 2.57 bits per heavy atom. The maximum Gasteiger partial charge on any atom is 0.252 e. The highest BCUT2D eigenvalue weighted by Crippen LogP contribution is 2.39. The van der Waals surface area contributed by atoms with Gasteiger partial charge in [0.25, 0.3) is 5.91 Å². The minimum absolute atomic E-state index is 0. The fraction of sp³-hybridized carbons (Fsp3) is 0.353. The van der Waals surface area contributed by atoms with Crippen molar-refractivity contribution in [2.24, 2.45) is 11.7 Å². The summed E-state index contributed by atoms with van der Waals surface area (Å²) in [5.74, 6) is 0.494. The molecular formula is C17H21ClN2O. The predicted octanol–water partition coefficient (Wildman–Crippen LogP) is 3.12. The van der Waals surface area contributed by atoms with Crippen molar-refractivity contribution >= 4 is 29.1 Å². The summed E-state index contributed by atoms with van der Waals surface area (Å²) in [6, 6.07) is 13.8. The molecule has 3 N–H and O–H groups in total. The SMILES string of the molecule is CC(CN)(NC(=O)c1cccc2ccccc12)C1CC1.Cl. The van der Waals surface area contributed by atoms with Gasteiger partial charge in [-0.1, -0.05) is 36.4 Å². The van der Waals surface area contributed by atoms with Crippen LogP contribution in [-0.4, -0.2) is 18.0 Å². The zero-order chi connectivity index (χ0) is 14.2. The number of hydrogen-bond donors (Lipinski definition) is 2. The Morgan fingerprint density at radius 1 is 1.24 bits per heavy atom. The molecule has 0 saturated heterocycles. The van der Waals surface area contributed by atoms with Crippen LogP contribution in [-0.2, 0) is 0 Å². The number of fused-ring (bicyclic) bond motifs is 1. The van der Waals surface area contributed by atoms with Crippen molar-refractivity contribution in [1.29, 1.82) is 0 Å². The molecule has 1 unspecified atom stereocenters. The summed E-state index contributed by atoms with van der Waals surface area (Å²) < 4.78 is 0. The molecule has 112 valence electrons. The number of halogens is 1. The quantitative estimate of drug-likeness (QED) is 0.912. The third-order valence-electron chi connectivity index (χ3n) is 4.34. The van der Waals surface area contributed by atoms with Crippen LogP contribution in [0.2, 0.25) is 0 Å². The van der Waals surface area contributed by atoms with Crippen molar-refractivity contribution in [3.8, 4) is 0 Å². The molecule has 1 fully saturated rings. The third-order valence-corrected chi connectivity index (χ3v) is 4.34. The highest BCUT2D eigenvalue weighted by molar-refractivity contribution is 6.07. The third kappa shape index (κ3) is 3.04. The summed E-state index contributed by atoms with van der Waals surface area (Å²) in [5.41, 5.74) is 6.31. The Kier molecular flexibility index (Phi) is 4.55. The maximum absolute atomic E-state index is 12.6. The van der Waals surface area contributed by atoms with Gasteiger partial charge in [-0.25, -0.2) is 0 Å². The second kappa shape index (κ2) is 6.04. The summed E-state index contributed by atoms with van der Waals surface area (Å²) in [6.45, 7) is 2.53. The molecule has 21 heavy (non-hydrogen) atoms. The van der Waals surface area contributed by atoms with Crippen molar-refractivity contribution in [3.05, 3.63) is 48.0 Å². The molecule has 0 aromatic heterocycles. The first-order valence-electron chi connectivity index (χ1n) is 7.14. The number of rotatable bonds is 4. The van der Waals surface area contributed by atoms with Gasteiger partial charge in [0, 0.05) is 12.1 Å². The van der Waals surface area contributed by atoms with E-state index in [2.05, 4.69) is 5.32 Å². The van der Waals surface area contributed by atoms with Gasteiger partial charge < -0.3 is 11.1 Å². The molecular weight excluding hydrogens is 284 g/mol. The van der Waals surface area contributed by atoms with Gasteiger partial charge in [-0.05, 0) is 42.5 Å². The Hall–Kier alpha value is -1.58. The van der Waals surface area contributed by atoms with Crippen LogP contribution in [0.5, 0.6) is 0 Å². The van der Waals surface area contributed by atoms with Crippen molar-refractivity contribution < 1.29 is 4.79 Å². The average molecular weight is 305 g/mol. The van der Waals surface area contributed by atoms with Crippen LogP contribution in [0.4, 0.5) is 0 Å². The molecule has 1 atom stereocenters. The topological polar surface area (TPSA) is 55.1 Å². The van der Waals surface area contributed by atoms with Crippen molar-refractivity contribution in [2.45, 2.75) is 25.3 Å². The Bertz CT molecular complexity index is 649. The number of amides is 1. The maximum atomic E-state index is 12.6. The van der Waals surface area contributed by atoms with Gasteiger partial charge in [-0.15, -0.1) is 12.4 Å². The summed E-state index contributed by atoms with van der Waals surface area (Å²) in [5, 5.41) is 5.22. The molecule has 1 aliphatic carbocycles. The smallest absolute Gasteiger partial charge is 0.252 e. The highest BCUT2D eigenvalue weighted by atomic mass is 35.5. The molecule has 3 rings (SSSR count). The Balaban J connectivity index is 0.00000161. The Labute approximate surface area is 131 Å². The summed E-state index contributed by atoms with van der Waals surface area (Å²) in [7, 11) is 0. The number of benzene rings is 2. The summed E-state index contributed by atoms with van der Waals surface area (Å²) in [4.78, 5) is 12.6. The van der Waals surface area contributed by atoms with Gasteiger partial charge in [-0.2, -0.15) is 0 Å². The average Bonchev–Trinajstić information content (AvgIpc) is 3.31. The van der Waals surface area contributed by atoms with Gasteiger partial charge in [0.1, 0.15) is 0 Å². The monoisotopic (exact) mass is 304 g/mol. The van der Waals surface area contributed by atoms with E-state index in [1.807, 2.05) is 49.4 Å². The number of nitrogens with two attached hydrogens (primary N) is 1. The van der Waals surface area contributed by atoms with Crippen LogP contribution in [0.15, 0.2) is 42.5 Å². The van der Waals surface area contributed by atoms with Crippen molar-refractivity contribution in [3.63, 3.8) is 0 Å². The van der Waals surface area contributed by atoms with Gasteiger partial charge in [-0.3, -0.25) is 4.79 Å². The minimum Gasteiger partial charge on any atom is -0.345 e. The fourth-order valence-corrected chi connectivity index (χ4v) is 2.79.